The molecule has 11 heteroatoms. The SMILES string of the molecule is C=CC(=O)N1CCN(c2snc3c(F)c(C4=C(C)CC(C)c5[nH]ncc54)c(Cl)cc23)[C@@H](C(F)F)C1. The van der Waals surface area contributed by atoms with Gasteiger partial charge in [0.25, 0.3) is 6.43 Å². The first-order chi connectivity index (χ1) is 16.7. The van der Waals surface area contributed by atoms with E-state index in [2.05, 4.69) is 28.1 Å². The number of carbonyl (C=O) groups excluding carboxylic acids is 1. The molecule has 1 saturated heterocycles. The molecule has 0 saturated carbocycles. The van der Waals surface area contributed by atoms with Crippen molar-refractivity contribution in [3.63, 3.8) is 0 Å². The van der Waals surface area contributed by atoms with E-state index in [1.165, 1.54) is 9.80 Å². The number of alkyl halides is 2. The Bertz CT molecular complexity index is 1370. The van der Waals surface area contributed by atoms with Gasteiger partial charge in [0.15, 0.2) is 5.82 Å². The summed E-state index contributed by atoms with van der Waals surface area (Å²) in [7, 11) is 0. The fourth-order valence-electron chi connectivity index (χ4n) is 5.15. The molecule has 35 heavy (non-hydrogen) atoms. The molecule has 0 bridgehead atoms. The van der Waals surface area contributed by atoms with Crippen molar-refractivity contribution >= 4 is 50.5 Å². The normalized spacial score (nSPS) is 20.7. The number of hydrogen-bond donors (Lipinski definition) is 1. The number of amides is 1. The van der Waals surface area contributed by atoms with Gasteiger partial charge < -0.3 is 9.80 Å². The molecule has 3 aromatic rings. The Morgan fingerprint density at radius 3 is 2.89 bits per heavy atom. The summed E-state index contributed by atoms with van der Waals surface area (Å²) in [5.74, 6) is -0.766. The van der Waals surface area contributed by atoms with E-state index in [0.29, 0.717) is 16.0 Å². The largest absolute Gasteiger partial charge is 0.349 e. The van der Waals surface area contributed by atoms with E-state index in [4.69, 9.17) is 11.6 Å². The van der Waals surface area contributed by atoms with E-state index in [-0.39, 0.29) is 41.7 Å². The Hall–Kier alpha value is -2.85. The van der Waals surface area contributed by atoms with Crippen molar-refractivity contribution in [3.8, 4) is 0 Å². The number of anilines is 1. The molecular formula is C24H23ClF3N5OS. The number of carbonyl (C=O) groups is 1. The number of hydrogen-bond acceptors (Lipinski definition) is 5. The Kier molecular flexibility index (Phi) is 6.13. The maximum absolute atomic E-state index is 16.0. The summed E-state index contributed by atoms with van der Waals surface area (Å²) < 4.78 is 48.4. The summed E-state index contributed by atoms with van der Waals surface area (Å²) in [6, 6.07) is 0.354. The standard InChI is InChI=1S/C24H23ClF3N5OS/c1-4-17(34)32-5-6-33(16(10-32)23(27)28)24-13-8-15(25)19(20(26)22(13)31-35-24)18-11(2)7-12(3)21-14(18)9-29-30-21/h4,8-9,12,16,23H,1,5-7,10H2,2-3H3,(H,29,30)/t12?,16-/m1/s1. The van der Waals surface area contributed by atoms with Gasteiger partial charge in [-0.15, -0.1) is 0 Å². The van der Waals surface area contributed by atoms with E-state index in [1.54, 1.807) is 12.3 Å². The van der Waals surface area contributed by atoms with Gasteiger partial charge in [0.2, 0.25) is 5.91 Å². The topological polar surface area (TPSA) is 65.1 Å². The molecule has 1 aliphatic heterocycles. The zero-order valence-corrected chi connectivity index (χ0v) is 20.7. The van der Waals surface area contributed by atoms with Crippen LogP contribution in [0.1, 0.15) is 43.0 Å². The minimum Gasteiger partial charge on any atom is -0.349 e. The van der Waals surface area contributed by atoms with Crippen LogP contribution in [0.5, 0.6) is 0 Å². The number of rotatable bonds is 4. The lowest BCUT2D eigenvalue weighted by molar-refractivity contribution is -0.127. The fraction of sp³-hybridized carbons (Fsp3) is 0.375. The predicted molar refractivity (Wildman–Crippen MR) is 132 cm³/mol. The van der Waals surface area contributed by atoms with Gasteiger partial charge in [-0.1, -0.05) is 30.7 Å². The average Bonchev–Trinajstić information content (AvgIpc) is 3.48. The summed E-state index contributed by atoms with van der Waals surface area (Å²) in [6.07, 6.45) is 0.798. The number of benzene rings is 1. The van der Waals surface area contributed by atoms with Gasteiger partial charge in [0.05, 0.1) is 11.2 Å². The number of halogens is 4. The van der Waals surface area contributed by atoms with E-state index in [9.17, 15) is 13.6 Å². The number of aromatic amines is 1. The van der Waals surface area contributed by atoms with Gasteiger partial charge in [0.1, 0.15) is 16.6 Å². The molecule has 1 amide bonds. The first kappa shape index (κ1) is 23.9. The lowest BCUT2D eigenvalue weighted by Gasteiger charge is -2.41. The second-order valence-electron chi connectivity index (χ2n) is 8.97. The lowest BCUT2D eigenvalue weighted by atomic mass is 9.81. The minimum atomic E-state index is -2.72. The third kappa shape index (κ3) is 3.83. The molecule has 1 N–H and O–H groups in total. The van der Waals surface area contributed by atoms with E-state index in [0.717, 1.165) is 40.9 Å². The van der Waals surface area contributed by atoms with E-state index < -0.39 is 24.2 Å². The van der Waals surface area contributed by atoms with Crippen LogP contribution < -0.4 is 4.90 Å². The Morgan fingerprint density at radius 1 is 1.40 bits per heavy atom. The first-order valence-electron chi connectivity index (χ1n) is 11.2. The zero-order chi connectivity index (χ0) is 25.0. The van der Waals surface area contributed by atoms with Crippen molar-refractivity contribution in [2.75, 3.05) is 24.5 Å². The molecule has 0 spiro atoms. The third-order valence-corrected chi connectivity index (χ3v) is 8.02. The zero-order valence-electron chi connectivity index (χ0n) is 19.1. The predicted octanol–water partition coefficient (Wildman–Crippen LogP) is 5.61. The maximum Gasteiger partial charge on any atom is 0.260 e. The molecule has 1 aliphatic carbocycles. The van der Waals surface area contributed by atoms with Crippen LogP contribution in [0.3, 0.4) is 0 Å². The van der Waals surface area contributed by atoms with Crippen LogP contribution in [0.4, 0.5) is 18.2 Å². The van der Waals surface area contributed by atoms with E-state index >= 15 is 4.39 Å². The highest BCUT2D eigenvalue weighted by atomic mass is 35.5. The first-order valence-corrected chi connectivity index (χ1v) is 12.3. The van der Waals surface area contributed by atoms with Gasteiger partial charge in [-0.2, -0.15) is 9.47 Å². The van der Waals surface area contributed by atoms with Crippen LogP contribution in [0.2, 0.25) is 5.02 Å². The second-order valence-corrected chi connectivity index (χ2v) is 10.1. The number of fused-ring (bicyclic) bond motifs is 2. The maximum atomic E-state index is 16.0. The summed E-state index contributed by atoms with van der Waals surface area (Å²) in [5.41, 5.74) is 3.74. The van der Waals surface area contributed by atoms with Gasteiger partial charge in [-0.05, 0) is 42.6 Å². The number of piperazine rings is 1. The molecule has 6 nitrogen and oxygen atoms in total. The number of allylic oxidation sites excluding steroid dienone is 1. The van der Waals surface area contributed by atoms with Crippen LogP contribution in [0.25, 0.3) is 16.5 Å². The Morgan fingerprint density at radius 2 is 2.17 bits per heavy atom. The van der Waals surface area contributed by atoms with E-state index in [1.807, 2.05) is 6.92 Å². The average molecular weight is 522 g/mol. The van der Waals surface area contributed by atoms with Crippen LogP contribution in [-0.4, -0.2) is 57.5 Å². The Balaban J connectivity index is 1.59. The van der Waals surface area contributed by atoms with Crippen LogP contribution >= 0.6 is 23.1 Å². The highest BCUT2D eigenvalue weighted by Crippen LogP contribution is 2.46. The highest BCUT2D eigenvalue weighted by Gasteiger charge is 2.37. The van der Waals surface area contributed by atoms with Crippen LogP contribution in [0, 0.1) is 5.82 Å². The summed E-state index contributed by atoms with van der Waals surface area (Å²) in [5, 5.41) is 8.13. The van der Waals surface area contributed by atoms with Gasteiger partial charge in [0, 0.05) is 47.8 Å². The number of nitrogens with zero attached hydrogens (tertiary/aromatic N) is 4. The molecule has 5 rings (SSSR count). The van der Waals surface area contributed by atoms with Crippen molar-refractivity contribution < 1.29 is 18.0 Å². The lowest BCUT2D eigenvalue weighted by Crippen LogP contribution is -2.57. The highest BCUT2D eigenvalue weighted by molar-refractivity contribution is 7.11. The molecule has 3 heterocycles. The molecule has 2 aliphatic rings. The molecule has 184 valence electrons. The molecule has 1 unspecified atom stereocenters. The number of nitrogens with one attached hydrogen (secondary N) is 1. The fourth-order valence-corrected chi connectivity index (χ4v) is 6.38. The molecule has 2 aromatic heterocycles. The second kappa shape index (κ2) is 8.98. The molecule has 2 atom stereocenters. The van der Waals surface area contributed by atoms with Crippen molar-refractivity contribution in [2.24, 2.45) is 0 Å². The van der Waals surface area contributed by atoms with Gasteiger partial charge in [-0.25, -0.2) is 13.2 Å². The summed E-state index contributed by atoms with van der Waals surface area (Å²) in [4.78, 5) is 14.8. The smallest absolute Gasteiger partial charge is 0.260 e. The van der Waals surface area contributed by atoms with Gasteiger partial charge in [-0.3, -0.25) is 9.89 Å². The monoisotopic (exact) mass is 521 g/mol. The van der Waals surface area contributed by atoms with Crippen molar-refractivity contribution in [3.05, 3.63) is 58.2 Å². The Labute approximate surface area is 209 Å². The molecule has 0 radical (unpaired) electrons. The molecule has 1 fully saturated rings. The minimum absolute atomic E-state index is 0.0889. The quantitative estimate of drug-likeness (QED) is 0.453. The summed E-state index contributed by atoms with van der Waals surface area (Å²) >= 11 is 7.63. The van der Waals surface area contributed by atoms with Crippen molar-refractivity contribution in [1.82, 2.24) is 19.5 Å². The summed E-state index contributed by atoms with van der Waals surface area (Å²) in [6.45, 7) is 7.70. The van der Waals surface area contributed by atoms with Crippen LogP contribution in [-0.2, 0) is 4.79 Å². The van der Waals surface area contributed by atoms with Crippen molar-refractivity contribution in [1.29, 1.82) is 0 Å². The van der Waals surface area contributed by atoms with Gasteiger partial charge >= 0.3 is 0 Å². The molecule has 1 aromatic carbocycles. The van der Waals surface area contributed by atoms with Crippen LogP contribution in [0.15, 0.2) is 30.5 Å². The number of aromatic nitrogens is 3. The number of H-pyrrole nitrogens is 1. The third-order valence-electron chi connectivity index (χ3n) is 6.82. The molecular weight excluding hydrogens is 499 g/mol. The van der Waals surface area contributed by atoms with Crippen molar-refractivity contribution in [2.45, 2.75) is 38.7 Å².